The molecule has 2 heterocycles. The molecule has 1 aliphatic heterocycles. The van der Waals surface area contributed by atoms with Crippen molar-refractivity contribution in [3.8, 4) is 0 Å². The van der Waals surface area contributed by atoms with Crippen molar-refractivity contribution in [1.82, 2.24) is 20.5 Å². The minimum atomic E-state index is -0.143. The first-order chi connectivity index (χ1) is 11.0. The van der Waals surface area contributed by atoms with Gasteiger partial charge in [0.15, 0.2) is 0 Å². The molecular weight excluding hydrogens is 312 g/mol. The molecule has 0 bridgehead atoms. The third-order valence-corrected chi connectivity index (χ3v) is 4.88. The minimum Gasteiger partial charge on any atom is -0.347 e. The van der Waals surface area contributed by atoms with Crippen LogP contribution in [0, 0.1) is 11.8 Å². The lowest BCUT2D eigenvalue weighted by Crippen LogP contribution is -2.49. The summed E-state index contributed by atoms with van der Waals surface area (Å²) in [5, 5.41) is 8.74. The van der Waals surface area contributed by atoms with E-state index in [-0.39, 0.29) is 23.9 Å². The highest BCUT2D eigenvalue weighted by molar-refractivity contribution is 7.09. The summed E-state index contributed by atoms with van der Waals surface area (Å²) in [6.07, 6.45) is 3.42. The number of amides is 3. The molecule has 1 fully saturated rings. The summed E-state index contributed by atoms with van der Waals surface area (Å²) in [6.45, 7) is 7.93. The summed E-state index contributed by atoms with van der Waals surface area (Å²) < 4.78 is 0. The highest BCUT2D eigenvalue weighted by Crippen LogP contribution is 2.20. The van der Waals surface area contributed by atoms with Crippen LogP contribution >= 0.6 is 11.3 Å². The average Bonchev–Trinajstić information content (AvgIpc) is 3.07. The first-order valence-corrected chi connectivity index (χ1v) is 9.08. The number of piperidine rings is 1. The number of hydrogen-bond donors (Lipinski definition) is 2. The fourth-order valence-corrected chi connectivity index (χ4v) is 3.27. The Morgan fingerprint density at radius 2 is 2.22 bits per heavy atom. The Kier molecular flexibility index (Phi) is 6.38. The SMILES string of the molecule is CC(C)CNC(=O)N1CCC[C@H](C(=O)N[C@H](C)c2nccs2)C1. The zero-order chi connectivity index (χ0) is 16.8. The second-order valence-electron chi connectivity index (χ2n) is 6.47. The van der Waals surface area contributed by atoms with E-state index in [0.29, 0.717) is 19.0 Å². The highest BCUT2D eigenvalue weighted by atomic mass is 32.1. The summed E-state index contributed by atoms with van der Waals surface area (Å²) in [6, 6.07) is -0.156. The third kappa shape index (κ3) is 5.20. The number of carbonyl (C=O) groups is 2. The van der Waals surface area contributed by atoms with Crippen LogP contribution in [-0.2, 0) is 4.79 Å². The normalized spacial score (nSPS) is 19.5. The fraction of sp³-hybridized carbons (Fsp3) is 0.688. The van der Waals surface area contributed by atoms with Crippen molar-refractivity contribution < 1.29 is 9.59 Å². The van der Waals surface area contributed by atoms with Gasteiger partial charge < -0.3 is 15.5 Å². The molecule has 0 aliphatic carbocycles. The van der Waals surface area contributed by atoms with Crippen LogP contribution in [0.1, 0.15) is 44.7 Å². The van der Waals surface area contributed by atoms with Gasteiger partial charge in [-0.05, 0) is 25.7 Å². The Morgan fingerprint density at radius 3 is 2.87 bits per heavy atom. The van der Waals surface area contributed by atoms with Crippen molar-refractivity contribution in [3.05, 3.63) is 16.6 Å². The monoisotopic (exact) mass is 338 g/mol. The van der Waals surface area contributed by atoms with E-state index in [9.17, 15) is 9.59 Å². The molecule has 7 heteroatoms. The Labute approximate surface area is 141 Å². The molecule has 1 aromatic rings. The molecule has 1 saturated heterocycles. The van der Waals surface area contributed by atoms with E-state index >= 15 is 0 Å². The maximum absolute atomic E-state index is 12.4. The van der Waals surface area contributed by atoms with Crippen molar-refractivity contribution in [2.75, 3.05) is 19.6 Å². The van der Waals surface area contributed by atoms with Crippen LogP contribution in [-0.4, -0.2) is 41.5 Å². The summed E-state index contributed by atoms with van der Waals surface area (Å²) >= 11 is 1.53. The molecule has 1 aliphatic rings. The molecule has 23 heavy (non-hydrogen) atoms. The third-order valence-electron chi connectivity index (χ3n) is 3.92. The van der Waals surface area contributed by atoms with Crippen LogP contribution < -0.4 is 10.6 Å². The summed E-state index contributed by atoms with van der Waals surface area (Å²) in [4.78, 5) is 30.6. The van der Waals surface area contributed by atoms with Gasteiger partial charge in [0.2, 0.25) is 5.91 Å². The molecule has 1 aromatic heterocycles. The van der Waals surface area contributed by atoms with Crippen LogP contribution in [0.5, 0.6) is 0 Å². The Bertz CT molecular complexity index is 518. The summed E-state index contributed by atoms with van der Waals surface area (Å²) in [5.41, 5.74) is 0. The van der Waals surface area contributed by atoms with E-state index in [1.54, 1.807) is 11.1 Å². The molecular formula is C16H26N4O2S. The predicted octanol–water partition coefficient (Wildman–Crippen LogP) is 2.40. The summed E-state index contributed by atoms with van der Waals surface area (Å²) in [7, 11) is 0. The van der Waals surface area contributed by atoms with Crippen LogP contribution in [0.2, 0.25) is 0 Å². The molecule has 6 nitrogen and oxygen atoms in total. The van der Waals surface area contributed by atoms with Crippen molar-refractivity contribution in [2.45, 2.75) is 39.7 Å². The highest BCUT2D eigenvalue weighted by Gasteiger charge is 2.29. The van der Waals surface area contributed by atoms with Gasteiger partial charge in [-0.1, -0.05) is 13.8 Å². The number of urea groups is 1. The standard InChI is InChI=1S/C16H26N4O2S/c1-11(2)9-18-16(22)20-7-4-5-13(10-20)14(21)19-12(3)15-17-6-8-23-15/h6,8,11-13H,4-5,7,9-10H2,1-3H3,(H,18,22)(H,19,21)/t12-,13+/m1/s1. The van der Waals surface area contributed by atoms with Gasteiger partial charge in [-0.3, -0.25) is 4.79 Å². The van der Waals surface area contributed by atoms with E-state index in [0.717, 1.165) is 24.4 Å². The van der Waals surface area contributed by atoms with Gasteiger partial charge in [-0.25, -0.2) is 9.78 Å². The van der Waals surface area contributed by atoms with Crippen LogP contribution in [0.25, 0.3) is 0 Å². The number of aromatic nitrogens is 1. The second-order valence-corrected chi connectivity index (χ2v) is 7.39. The number of likely N-dealkylation sites (tertiary alicyclic amines) is 1. The first-order valence-electron chi connectivity index (χ1n) is 8.20. The molecule has 0 aromatic carbocycles. The summed E-state index contributed by atoms with van der Waals surface area (Å²) in [5.74, 6) is 0.284. The van der Waals surface area contributed by atoms with E-state index < -0.39 is 0 Å². The molecule has 0 radical (unpaired) electrons. The zero-order valence-corrected chi connectivity index (χ0v) is 14.9. The molecule has 2 rings (SSSR count). The molecule has 128 valence electrons. The molecule has 0 saturated carbocycles. The Balaban J connectivity index is 1.85. The maximum Gasteiger partial charge on any atom is 0.317 e. The molecule has 3 amide bonds. The maximum atomic E-state index is 12.4. The van der Waals surface area contributed by atoms with Gasteiger partial charge >= 0.3 is 6.03 Å². The van der Waals surface area contributed by atoms with Gasteiger partial charge in [-0.15, -0.1) is 11.3 Å². The quantitative estimate of drug-likeness (QED) is 0.866. The smallest absolute Gasteiger partial charge is 0.317 e. The van der Waals surface area contributed by atoms with Crippen LogP contribution in [0.4, 0.5) is 4.79 Å². The van der Waals surface area contributed by atoms with E-state index in [2.05, 4.69) is 29.5 Å². The average molecular weight is 338 g/mol. The van der Waals surface area contributed by atoms with Gasteiger partial charge in [0.05, 0.1) is 12.0 Å². The predicted molar refractivity (Wildman–Crippen MR) is 91.2 cm³/mol. The number of carbonyl (C=O) groups excluding carboxylic acids is 2. The fourth-order valence-electron chi connectivity index (χ4n) is 2.62. The number of rotatable bonds is 5. The van der Waals surface area contributed by atoms with Gasteiger partial charge in [0, 0.05) is 31.2 Å². The lowest BCUT2D eigenvalue weighted by Gasteiger charge is -2.32. The zero-order valence-electron chi connectivity index (χ0n) is 14.0. The topological polar surface area (TPSA) is 74.3 Å². The van der Waals surface area contributed by atoms with Crippen molar-refractivity contribution in [3.63, 3.8) is 0 Å². The Morgan fingerprint density at radius 1 is 1.43 bits per heavy atom. The van der Waals surface area contributed by atoms with E-state index in [1.165, 1.54) is 11.3 Å². The molecule has 2 N–H and O–H groups in total. The lowest BCUT2D eigenvalue weighted by molar-refractivity contribution is -0.126. The second kappa shape index (κ2) is 8.29. The van der Waals surface area contributed by atoms with E-state index in [1.807, 2.05) is 12.3 Å². The lowest BCUT2D eigenvalue weighted by atomic mass is 9.97. The first kappa shape index (κ1) is 17.7. The number of nitrogens with one attached hydrogen (secondary N) is 2. The Hall–Kier alpha value is -1.63. The minimum absolute atomic E-state index is 0.00839. The largest absolute Gasteiger partial charge is 0.347 e. The van der Waals surface area contributed by atoms with Crippen molar-refractivity contribution in [2.24, 2.45) is 11.8 Å². The van der Waals surface area contributed by atoms with Gasteiger partial charge in [0.25, 0.3) is 0 Å². The van der Waals surface area contributed by atoms with Gasteiger partial charge in [-0.2, -0.15) is 0 Å². The van der Waals surface area contributed by atoms with Crippen molar-refractivity contribution in [1.29, 1.82) is 0 Å². The molecule has 0 spiro atoms. The number of nitrogens with zero attached hydrogens (tertiary/aromatic N) is 2. The molecule has 2 atom stereocenters. The van der Waals surface area contributed by atoms with Gasteiger partial charge in [0.1, 0.15) is 5.01 Å². The molecule has 0 unspecified atom stereocenters. The van der Waals surface area contributed by atoms with Crippen molar-refractivity contribution >= 4 is 23.3 Å². The number of hydrogen-bond acceptors (Lipinski definition) is 4. The van der Waals surface area contributed by atoms with Crippen LogP contribution in [0.3, 0.4) is 0 Å². The number of thiazole rings is 1. The van der Waals surface area contributed by atoms with Crippen LogP contribution in [0.15, 0.2) is 11.6 Å². The van der Waals surface area contributed by atoms with E-state index in [4.69, 9.17) is 0 Å².